The maximum absolute atomic E-state index is 5.38. The number of hydrogen-bond acceptors (Lipinski definition) is 2. The lowest BCUT2D eigenvalue weighted by Gasteiger charge is -2.19. The number of rotatable bonds is 5. The Morgan fingerprint density at radius 3 is 2.63 bits per heavy atom. The van der Waals surface area contributed by atoms with Gasteiger partial charge in [0.05, 0.1) is 6.04 Å². The standard InChI is InChI=1S/C15H18N2S2/c1-2-7-13(14-10-6-11-19-14)17-15(18)16-12-8-4-3-5-9-12/h3-6,8-11,13H,2,7H2,1H3,(H2,16,17,18). The van der Waals surface area contributed by atoms with E-state index in [9.17, 15) is 0 Å². The van der Waals surface area contributed by atoms with Crippen molar-refractivity contribution in [2.45, 2.75) is 25.8 Å². The zero-order valence-corrected chi connectivity index (χ0v) is 12.6. The molecule has 0 fully saturated rings. The van der Waals surface area contributed by atoms with Crippen molar-refractivity contribution >= 4 is 34.4 Å². The molecule has 0 radical (unpaired) electrons. The van der Waals surface area contributed by atoms with E-state index in [0.717, 1.165) is 18.5 Å². The topological polar surface area (TPSA) is 24.1 Å². The van der Waals surface area contributed by atoms with Crippen LogP contribution in [0.15, 0.2) is 47.8 Å². The minimum absolute atomic E-state index is 0.300. The summed E-state index contributed by atoms with van der Waals surface area (Å²) in [4.78, 5) is 1.33. The number of thiocarbonyl (C=S) groups is 1. The van der Waals surface area contributed by atoms with Gasteiger partial charge in [0.2, 0.25) is 0 Å². The molecule has 1 unspecified atom stereocenters. The van der Waals surface area contributed by atoms with Crippen molar-refractivity contribution in [1.29, 1.82) is 0 Å². The molecule has 1 atom stereocenters. The van der Waals surface area contributed by atoms with E-state index in [1.165, 1.54) is 4.88 Å². The third-order valence-corrected chi connectivity index (χ3v) is 4.01. The molecule has 2 N–H and O–H groups in total. The van der Waals surface area contributed by atoms with Crippen LogP contribution in [0.1, 0.15) is 30.7 Å². The summed E-state index contributed by atoms with van der Waals surface area (Å²) in [6, 6.07) is 14.5. The van der Waals surface area contributed by atoms with Gasteiger partial charge in [-0.05, 0) is 42.2 Å². The summed E-state index contributed by atoms with van der Waals surface area (Å²) in [5, 5.41) is 9.40. The van der Waals surface area contributed by atoms with Gasteiger partial charge in [-0.15, -0.1) is 11.3 Å². The minimum atomic E-state index is 0.300. The van der Waals surface area contributed by atoms with E-state index in [4.69, 9.17) is 12.2 Å². The lowest BCUT2D eigenvalue weighted by molar-refractivity contribution is 0.593. The highest BCUT2D eigenvalue weighted by Crippen LogP contribution is 2.23. The van der Waals surface area contributed by atoms with Crippen molar-refractivity contribution in [3.05, 3.63) is 52.7 Å². The predicted octanol–water partition coefficient (Wildman–Crippen LogP) is 4.58. The lowest BCUT2D eigenvalue weighted by atomic mass is 10.1. The molecule has 2 rings (SSSR count). The second-order valence-corrected chi connectivity index (χ2v) is 5.71. The van der Waals surface area contributed by atoms with Crippen molar-refractivity contribution in [1.82, 2.24) is 5.32 Å². The Balaban J connectivity index is 1.96. The first-order chi connectivity index (χ1) is 9.29. The smallest absolute Gasteiger partial charge is 0.171 e. The Bertz CT molecular complexity index is 494. The van der Waals surface area contributed by atoms with Crippen LogP contribution in [0.5, 0.6) is 0 Å². The van der Waals surface area contributed by atoms with Gasteiger partial charge in [0, 0.05) is 10.6 Å². The normalized spacial score (nSPS) is 11.8. The van der Waals surface area contributed by atoms with Crippen LogP contribution in [0.3, 0.4) is 0 Å². The van der Waals surface area contributed by atoms with Crippen LogP contribution in [-0.2, 0) is 0 Å². The molecule has 0 bridgehead atoms. The zero-order chi connectivity index (χ0) is 13.5. The quantitative estimate of drug-likeness (QED) is 0.788. The van der Waals surface area contributed by atoms with Crippen LogP contribution < -0.4 is 10.6 Å². The van der Waals surface area contributed by atoms with E-state index < -0.39 is 0 Å². The summed E-state index contributed by atoms with van der Waals surface area (Å²) in [6.07, 6.45) is 2.21. The fourth-order valence-electron chi connectivity index (χ4n) is 1.91. The molecular formula is C15H18N2S2. The molecule has 2 aromatic rings. The van der Waals surface area contributed by atoms with Gasteiger partial charge < -0.3 is 10.6 Å². The van der Waals surface area contributed by atoms with Crippen molar-refractivity contribution in [3.63, 3.8) is 0 Å². The van der Waals surface area contributed by atoms with Crippen LogP contribution in [0.25, 0.3) is 0 Å². The second-order valence-electron chi connectivity index (χ2n) is 4.32. The molecule has 19 heavy (non-hydrogen) atoms. The minimum Gasteiger partial charge on any atom is -0.355 e. The second kappa shape index (κ2) is 7.26. The molecule has 1 aromatic heterocycles. The van der Waals surface area contributed by atoms with Gasteiger partial charge >= 0.3 is 0 Å². The monoisotopic (exact) mass is 290 g/mol. The molecule has 0 saturated carbocycles. The molecule has 100 valence electrons. The zero-order valence-electron chi connectivity index (χ0n) is 10.9. The summed E-state index contributed by atoms with van der Waals surface area (Å²) in [5.74, 6) is 0. The van der Waals surface area contributed by atoms with Crippen molar-refractivity contribution < 1.29 is 0 Å². The molecule has 4 heteroatoms. The number of hydrogen-bond donors (Lipinski definition) is 2. The maximum atomic E-state index is 5.38. The SMILES string of the molecule is CCCC(NC(=S)Nc1ccccc1)c1cccs1. The molecule has 1 aromatic carbocycles. The van der Waals surface area contributed by atoms with Crippen LogP contribution in [0, 0.1) is 0 Å². The maximum Gasteiger partial charge on any atom is 0.171 e. The predicted molar refractivity (Wildman–Crippen MR) is 87.8 cm³/mol. The average Bonchev–Trinajstić information content (AvgIpc) is 2.93. The van der Waals surface area contributed by atoms with E-state index in [1.807, 2.05) is 30.3 Å². The molecular weight excluding hydrogens is 272 g/mol. The molecule has 0 aliphatic heterocycles. The number of para-hydroxylation sites is 1. The van der Waals surface area contributed by atoms with Gasteiger partial charge in [-0.3, -0.25) is 0 Å². The van der Waals surface area contributed by atoms with E-state index in [2.05, 4.69) is 35.1 Å². The van der Waals surface area contributed by atoms with Crippen LogP contribution >= 0.6 is 23.6 Å². The number of benzene rings is 1. The van der Waals surface area contributed by atoms with Crippen molar-refractivity contribution in [2.75, 3.05) is 5.32 Å². The van der Waals surface area contributed by atoms with Crippen LogP contribution in [-0.4, -0.2) is 5.11 Å². The van der Waals surface area contributed by atoms with E-state index >= 15 is 0 Å². The Hall–Kier alpha value is -1.39. The molecule has 0 saturated heterocycles. The number of anilines is 1. The first-order valence-corrected chi connectivity index (χ1v) is 7.74. The van der Waals surface area contributed by atoms with E-state index in [0.29, 0.717) is 11.2 Å². The van der Waals surface area contributed by atoms with Gasteiger partial charge in [0.15, 0.2) is 5.11 Å². The first kappa shape index (κ1) is 14.0. The van der Waals surface area contributed by atoms with Gasteiger partial charge in [-0.2, -0.15) is 0 Å². The molecule has 1 heterocycles. The highest BCUT2D eigenvalue weighted by Gasteiger charge is 2.12. The largest absolute Gasteiger partial charge is 0.355 e. The summed E-state index contributed by atoms with van der Waals surface area (Å²) in [5.41, 5.74) is 1.02. The Morgan fingerprint density at radius 1 is 1.21 bits per heavy atom. The molecule has 0 aliphatic rings. The van der Waals surface area contributed by atoms with E-state index in [-0.39, 0.29) is 0 Å². The van der Waals surface area contributed by atoms with Crippen molar-refractivity contribution in [3.8, 4) is 0 Å². The third-order valence-electron chi connectivity index (χ3n) is 2.80. The Kier molecular flexibility index (Phi) is 5.36. The van der Waals surface area contributed by atoms with Gasteiger partial charge in [0.1, 0.15) is 0 Å². The molecule has 2 nitrogen and oxygen atoms in total. The van der Waals surface area contributed by atoms with E-state index in [1.54, 1.807) is 11.3 Å². The fourth-order valence-corrected chi connectivity index (χ4v) is 2.98. The summed E-state index contributed by atoms with van der Waals surface area (Å²) in [7, 11) is 0. The van der Waals surface area contributed by atoms with Crippen LogP contribution in [0.4, 0.5) is 5.69 Å². The van der Waals surface area contributed by atoms with Gasteiger partial charge in [-0.25, -0.2) is 0 Å². The van der Waals surface area contributed by atoms with Crippen molar-refractivity contribution in [2.24, 2.45) is 0 Å². The Labute approximate surface area is 123 Å². The van der Waals surface area contributed by atoms with Gasteiger partial charge in [0.25, 0.3) is 0 Å². The Morgan fingerprint density at radius 2 is 2.00 bits per heavy atom. The third kappa shape index (κ3) is 4.33. The molecule has 0 aliphatic carbocycles. The first-order valence-electron chi connectivity index (χ1n) is 6.45. The summed E-state index contributed by atoms with van der Waals surface area (Å²) < 4.78 is 0. The summed E-state index contributed by atoms with van der Waals surface area (Å²) in [6.45, 7) is 2.19. The summed E-state index contributed by atoms with van der Waals surface area (Å²) >= 11 is 7.15. The number of nitrogens with one attached hydrogen (secondary N) is 2. The van der Waals surface area contributed by atoms with Gasteiger partial charge in [-0.1, -0.05) is 37.6 Å². The van der Waals surface area contributed by atoms with Crippen LogP contribution in [0.2, 0.25) is 0 Å². The lowest BCUT2D eigenvalue weighted by Crippen LogP contribution is -2.31. The highest BCUT2D eigenvalue weighted by atomic mass is 32.1. The molecule has 0 spiro atoms. The number of thiophene rings is 1. The fraction of sp³-hybridized carbons (Fsp3) is 0.267. The average molecular weight is 290 g/mol. The highest BCUT2D eigenvalue weighted by molar-refractivity contribution is 7.80. The molecule has 0 amide bonds.